The Labute approximate surface area is 139 Å². The average Bonchev–Trinajstić information content (AvgIpc) is 2.93. The van der Waals surface area contributed by atoms with Gasteiger partial charge >= 0.3 is 0 Å². The van der Waals surface area contributed by atoms with Crippen molar-refractivity contribution in [2.45, 2.75) is 45.6 Å². The van der Waals surface area contributed by atoms with Gasteiger partial charge in [-0.25, -0.2) is 4.98 Å². The lowest BCUT2D eigenvalue weighted by molar-refractivity contribution is 0.581. The smallest absolute Gasteiger partial charge is 0.263 e. The normalized spacial score (nSPS) is 14.4. The summed E-state index contributed by atoms with van der Waals surface area (Å²) in [5.41, 5.74) is 2.40. The second-order valence-electron chi connectivity index (χ2n) is 6.46. The largest absolute Gasteiger partial charge is 0.289 e. The SMILES string of the molecule is CC(C)n1c(-c2ccccc2)nc2sc3c(c2c1=O)CCCC3. The fraction of sp³-hybridized carbons (Fsp3) is 0.368. The lowest BCUT2D eigenvalue weighted by Gasteiger charge is -2.16. The minimum absolute atomic E-state index is 0.0914. The van der Waals surface area contributed by atoms with Gasteiger partial charge in [-0.05, 0) is 45.1 Å². The molecule has 3 nitrogen and oxygen atoms in total. The van der Waals surface area contributed by atoms with Crippen LogP contribution in [0.15, 0.2) is 35.1 Å². The maximum Gasteiger partial charge on any atom is 0.263 e. The van der Waals surface area contributed by atoms with Crippen LogP contribution in [0.5, 0.6) is 0 Å². The number of aromatic nitrogens is 2. The van der Waals surface area contributed by atoms with E-state index < -0.39 is 0 Å². The predicted octanol–water partition coefficient (Wildman–Crippen LogP) is 4.58. The van der Waals surface area contributed by atoms with E-state index in [-0.39, 0.29) is 11.6 Å². The third-order valence-corrected chi connectivity index (χ3v) is 5.76. The second kappa shape index (κ2) is 5.60. The summed E-state index contributed by atoms with van der Waals surface area (Å²) in [7, 11) is 0. The van der Waals surface area contributed by atoms with E-state index in [1.165, 1.54) is 23.3 Å². The molecular formula is C19H20N2OS. The molecule has 0 saturated carbocycles. The lowest BCUT2D eigenvalue weighted by atomic mass is 9.97. The van der Waals surface area contributed by atoms with Gasteiger partial charge in [0.1, 0.15) is 10.7 Å². The Kier molecular flexibility index (Phi) is 3.57. The number of aryl methyl sites for hydroxylation is 2. The summed E-state index contributed by atoms with van der Waals surface area (Å²) in [5.74, 6) is 0.789. The number of thiophene rings is 1. The molecule has 1 aliphatic rings. The van der Waals surface area contributed by atoms with Crippen molar-refractivity contribution in [3.63, 3.8) is 0 Å². The first-order valence-electron chi connectivity index (χ1n) is 8.29. The first-order valence-corrected chi connectivity index (χ1v) is 9.10. The van der Waals surface area contributed by atoms with Crippen molar-refractivity contribution in [3.8, 4) is 11.4 Å². The fourth-order valence-electron chi connectivity index (χ4n) is 3.49. The zero-order valence-corrected chi connectivity index (χ0v) is 14.3. The summed E-state index contributed by atoms with van der Waals surface area (Å²) >= 11 is 1.72. The van der Waals surface area contributed by atoms with Gasteiger partial charge in [0.05, 0.1) is 5.39 Å². The van der Waals surface area contributed by atoms with Gasteiger partial charge in [-0.3, -0.25) is 9.36 Å². The quantitative estimate of drug-likeness (QED) is 0.691. The van der Waals surface area contributed by atoms with Crippen LogP contribution >= 0.6 is 11.3 Å². The highest BCUT2D eigenvalue weighted by Crippen LogP contribution is 2.35. The molecule has 0 spiro atoms. The van der Waals surface area contributed by atoms with Crippen LogP contribution in [0.25, 0.3) is 21.6 Å². The van der Waals surface area contributed by atoms with Gasteiger partial charge in [-0.15, -0.1) is 11.3 Å². The Morgan fingerprint density at radius 3 is 2.61 bits per heavy atom. The molecule has 2 heterocycles. The van der Waals surface area contributed by atoms with E-state index in [1.54, 1.807) is 11.3 Å². The summed E-state index contributed by atoms with van der Waals surface area (Å²) in [5, 5.41) is 0.873. The average molecular weight is 324 g/mol. The van der Waals surface area contributed by atoms with Gasteiger partial charge in [0.2, 0.25) is 0 Å². The molecule has 0 N–H and O–H groups in total. The van der Waals surface area contributed by atoms with Crippen LogP contribution in [0.2, 0.25) is 0 Å². The van der Waals surface area contributed by atoms with Crippen molar-refractivity contribution < 1.29 is 0 Å². The van der Waals surface area contributed by atoms with Gasteiger partial charge in [-0.2, -0.15) is 0 Å². The van der Waals surface area contributed by atoms with Gasteiger partial charge in [0.25, 0.3) is 5.56 Å². The monoisotopic (exact) mass is 324 g/mol. The molecule has 0 radical (unpaired) electrons. The van der Waals surface area contributed by atoms with Gasteiger partial charge in [-0.1, -0.05) is 30.3 Å². The Hall–Kier alpha value is -1.94. The van der Waals surface area contributed by atoms with E-state index in [9.17, 15) is 4.79 Å². The van der Waals surface area contributed by atoms with Gasteiger partial charge < -0.3 is 0 Å². The Bertz CT molecular complexity index is 922. The molecule has 0 atom stereocenters. The zero-order valence-electron chi connectivity index (χ0n) is 13.5. The molecule has 1 aromatic carbocycles. The van der Waals surface area contributed by atoms with Crippen LogP contribution in [0.4, 0.5) is 0 Å². The second-order valence-corrected chi connectivity index (χ2v) is 7.55. The Morgan fingerprint density at radius 1 is 1.13 bits per heavy atom. The Morgan fingerprint density at radius 2 is 1.87 bits per heavy atom. The molecule has 4 heteroatoms. The first kappa shape index (κ1) is 14.6. The highest BCUT2D eigenvalue weighted by atomic mass is 32.1. The van der Waals surface area contributed by atoms with E-state index >= 15 is 0 Å². The molecule has 23 heavy (non-hydrogen) atoms. The van der Waals surface area contributed by atoms with E-state index in [1.807, 2.05) is 34.9 Å². The molecule has 0 amide bonds. The summed E-state index contributed by atoms with van der Waals surface area (Å²) in [6.07, 6.45) is 4.53. The van der Waals surface area contributed by atoms with Crippen LogP contribution in [0.1, 0.15) is 43.2 Å². The highest BCUT2D eigenvalue weighted by Gasteiger charge is 2.23. The van der Waals surface area contributed by atoms with E-state index in [2.05, 4.69) is 13.8 Å². The van der Waals surface area contributed by atoms with E-state index in [0.29, 0.717) is 0 Å². The predicted molar refractivity (Wildman–Crippen MR) is 96.3 cm³/mol. The molecule has 2 aromatic heterocycles. The third-order valence-electron chi connectivity index (χ3n) is 4.57. The molecule has 0 fully saturated rings. The number of rotatable bonds is 2. The number of nitrogens with zero attached hydrogens (tertiary/aromatic N) is 2. The molecule has 0 saturated heterocycles. The van der Waals surface area contributed by atoms with E-state index in [0.717, 1.165) is 34.4 Å². The molecule has 0 aliphatic heterocycles. The first-order chi connectivity index (χ1) is 11.2. The van der Waals surface area contributed by atoms with Crippen LogP contribution < -0.4 is 5.56 Å². The number of fused-ring (bicyclic) bond motifs is 3. The fourth-order valence-corrected chi connectivity index (χ4v) is 4.74. The zero-order chi connectivity index (χ0) is 16.0. The highest BCUT2D eigenvalue weighted by molar-refractivity contribution is 7.18. The lowest BCUT2D eigenvalue weighted by Crippen LogP contribution is -2.25. The summed E-state index contributed by atoms with van der Waals surface area (Å²) in [6.45, 7) is 4.11. The van der Waals surface area contributed by atoms with Crippen molar-refractivity contribution in [2.75, 3.05) is 0 Å². The molecular weight excluding hydrogens is 304 g/mol. The Balaban J connectivity index is 2.08. The van der Waals surface area contributed by atoms with Crippen LogP contribution in [-0.4, -0.2) is 9.55 Å². The maximum absolute atomic E-state index is 13.2. The molecule has 3 aromatic rings. The molecule has 4 rings (SSSR count). The summed E-state index contributed by atoms with van der Waals surface area (Å²) in [4.78, 5) is 20.4. The van der Waals surface area contributed by atoms with E-state index in [4.69, 9.17) is 4.98 Å². The topological polar surface area (TPSA) is 34.9 Å². The number of hydrogen-bond acceptors (Lipinski definition) is 3. The minimum atomic E-state index is 0.0914. The van der Waals surface area contributed by atoms with Gasteiger partial charge in [0, 0.05) is 16.5 Å². The van der Waals surface area contributed by atoms with Crippen LogP contribution in [0.3, 0.4) is 0 Å². The summed E-state index contributed by atoms with van der Waals surface area (Å²) < 4.78 is 1.86. The van der Waals surface area contributed by atoms with Crippen molar-refractivity contribution in [3.05, 3.63) is 51.1 Å². The molecule has 1 aliphatic carbocycles. The van der Waals surface area contributed by atoms with Gasteiger partial charge in [0.15, 0.2) is 0 Å². The van der Waals surface area contributed by atoms with Crippen molar-refractivity contribution >= 4 is 21.6 Å². The summed E-state index contributed by atoms with van der Waals surface area (Å²) in [6, 6.07) is 10.1. The standard InChI is InChI=1S/C19H20N2OS/c1-12(2)21-17(13-8-4-3-5-9-13)20-18-16(19(21)22)14-10-6-7-11-15(14)23-18/h3-5,8-9,12H,6-7,10-11H2,1-2H3. The minimum Gasteiger partial charge on any atom is -0.289 e. The third kappa shape index (κ3) is 2.32. The van der Waals surface area contributed by atoms with Crippen molar-refractivity contribution in [1.29, 1.82) is 0 Å². The van der Waals surface area contributed by atoms with Crippen LogP contribution in [-0.2, 0) is 12.8 Å². The molecule has 118 valence electrons. The number of hydrogen-bond donors (Lipinski definition) is 0. The van der Waals surface area contributed by atoms with Crippen LogP contribution in [0, 0.1) is 0 Å². The van der Waals surface area contributed by atoms with Crippen molar-refractivity contribution in [2.24, 2.45) is 0 Å². The maximum atomic E-state index is 13.2. The van der Waals surface area contributed by atoms with Crippen molar-refractivity contribution in [1.82, 2.24) is 9.55 Å². The molecule has 0 bridgehead atoms. The number of benzene rings is 1. The molecule has 0 unspecified atom stereocenters.